The summed E-state index contributed by atoms with van der Waals surface area (Å²) in [4.78, 5) is 1.24. The SMILES string of the molecule is CC(C)(Sc1ccc(Cl)cc1)c1ccccc1. The van der Waals surface area contributed by atoms with Gasteiger partial charge in [0, 0.05) is 14.7 Å². The third kappa shape index (κ3) is 3.27. The summed E-state index contributed by atoms with van der Waals surface area (Å²) in [5.41, 5.74) is 1.33. The lowest BCUT2D eigenvalue weighted by Gasteiger charge is -2.24. The standard InChI is InChI=1S/C15H15ClS/c1-15(2,12-6-4-3-5-7-12)17-14-10-8-13(16)9-11-14/h3-11H,1-2H3. The molecule has 0 aliphatic carbocycles. The van der Waals surface area contributed by atoms with Gasteiger partial charge in [0.1, 0.15) is 0 Å². The number of rotatable bonds is 3. The van der Waals surface area contributed by atoms with Gasteiger partial charge in [0.2, 0.25) is 0 Å². The first-order valence-corrected chi connectivity index (χ1v) is 6.77. The minimum atomic E-state index is 0.0646. The lowest BCUT2D eigenvalue weighted by molar-refractivity contribution is 0.782. The Morgan fingerprint density at radius 1 is 0.882 bits per heavy atom. The molecule has 2 aromatic carbocycles. The second kappa shape index (κ2) is 5.16. The molecule has 88 valence electrons. The van der Waals surface area contributed by atoms with Gasteiger partial charge in [-0.2, -0.15) is 0 Å². The largest absolute Gasteiger partial charge is 0.115 e. The molecule has 0 radical (unpaired) electrons. The summed E-state index contributed by atoms with van der Waals surface area (Å²) in [6.07, 6.45) is 0. The normalized spacial score (nSPS) is 11.5. The van der Waals surface area contributed by atoms with E-state index in [0.717, 1.165) is 5.02 Å². The van der Waals surface area contributed by atoms with Crippen molar-refractivity contribution in [1.82, 2.24) is 0 Å². The third-order valence-corrected chi connectivity index (χ3v) is 4.16. The molecule has 0 amide bonds. The molecule has 0 aliphatic rings. The van der Waals surface area contributed by atoms with Crippen molar-refractivity contribution in [3.8, 4) is 0 Å². The van der Waals surface area contributed by atoms with Gasteiger partial charge in [-0.1, -0.05) is 41.9 Å². The second-order valence-corrected chi connectivity index (χ2v) is 6.56. The summed E-state index contributed by atoms with van der Waals surface area (Å²) < 4.78 is 0.0646. The number of benzene rings is 2. The highest BCUT2D eigenvalue weighted by atomic mass is 35.5. The van der Waals surface area contributed by atoms with Crippen molar-refractivity contribution in [3.63, 3.8) is 0 Å². The summed E-state index contributed by atoms with van der Waals surface area (Å²) in [6.45, 7) is 4.48. The smallest absolute Gasteiger partial charge is 0.0406 e. The fourth-order valence-corrected chi connectivity index (χ4v) is 2.94. The van der Waals surface area contributed by atoms with E-state index < -0.39 is 0 Å². The number of hydrogen-bond donors (Lipinski definition) is 0. The molecular formula is C15H15ClS. The minimum Gasteiger partial charge on any atom is -0.115 e. The first-order chi connectivity index (χ1) is 8.08. The molecule has 0 N–H and O–H groups in total. The third-order valence-electron chi connectivity index (χ3n) is 2.66. The Labute approximate surface area is 112 Å². The van der Waals surface area contributed by atoms with Crippen molar-refractivity contribution in [2.45, 2.75) is 23.5 Å². The van der Waals surface area contributed by atoms with Crippen LogP contribution >= 0.6 is 23.4 Å². The topological polar surface area (TPSA) is 0 Å². The second-order valence-electron chi connectivity index (χ2n) is 4.43. The highest BCUT2D eigenvalue weighted by Gasteiger charge is 2.21. The van der Waals surface area contributed by atoms with E-state index in [0.29, 0.717) is 0 Å². The van der Waals surface area contributed by atoms with Crippen molar-refractivity contribution in [1.29, 1.82) is 0 Å². The molecule has 2 rings (SSSR count). The number of halogens is 1. The van der Waals surface area contributed by atoms with E-state index in [1.165, 1.54) is 10.5 Å². The van der Waals surface area contributed by atoms with Crippen LogP contribution in [0.15, 0.2) is 59.5 Å². The summed E-state index contributed by atoms with van der Waals surface area (Å²) in [6, 6.07) is 18.6. The van der Waals surface area contributed by atoms with Crippen LogP contribution in [0.1, 0.15) is 19.4 Å². The number of hydrogen-bond acceptors (Lipinski definition) is 1. The quantitative estimate of drug-likeness (QED) is 0.671. The summed E-state index contributed by atoms with van der Waals surface area (Å²) in [5.74, 6) is 0. The molecule has 0 unspecified atom stereocenters. The predicted octanol–water partition coefficient (Wildman–Crippen LogP) is 5.37. The molecule has 0 spiro atoms. The minimum absolute atomic E-state index is 0.0646. The molecule has 2 aromatic rings. The van der Waals surface area contributed by atoms with Gasteiger partial charge in [0.05, 0.1) is 0 Å². The molecule has 0 nitrogen and oxygen atoms in total. The Balaban J connectivity index is 2.20. The zero-order valence-corrected chi connectivity index (χ0v) is 11.6. The van der Waals surface area contributed by atoms with Gasteiger partial charge in [-0.3, -0.25) is 0 Å². The lowest BCUT2D eigenvalue weighted by Crippen LogP contribution is -2.11. The number of thioether (sulfide) groups is 1. The van der Waals surface area contributed by atoms with Crippen molar-refractivity contribution in [2.75, 3.05) is 0 Å². The molecular weight excluding hydrogens is 248 g/mol. The predicted molar refractivity (Wildman–Crippen MR) is 76.8 cm³/mol. The molecule has 2 heteroatoms. The Morgan fingerprint density at radius 2 is 1.47 bits per heavy atom. The molecule has 0 aromatic heterocycles. The molecule has 0 fully saturated rings. The fraction of sp³-hybridized carbons (Fsp3) is 0.200. The van der Waals surface area contributed by atoms with Crippen molar-refractivity contribution in [2.24, 2.45) is 0 Å². The summed E-state index contributed by atoms with van der Waals surface area (Å²) >= 11 is 7.74. The van der Waals surface area contributed by atoms with Gasteiger partial charge in [-0.25, -0.2) is 0 Å². The van der Waals surface area contributed by atoms with Crippen LogP contribution in [0.25, 0.3) is 0 Å². The van der Waals surface area contributed by atoms with Crippen molar-refractivity contribution in [3.05, 3.63) is 65.2 Å². The van der Waals surface area contributed by atoms with E-state index in [2.05, 4.69) is 50.2 Å². The van der Waals surface area contributed by atoms with Gasteiger partial charge in [0.15, 0.2) is 0 Å². The Kier molecular flexibility index (Phi) is 3.80. The van der Waals surface area contributed by atoms with E-state index in [1.54, 1.807) is 0 Å². The van der Waals surface area contributed by atoms with Crippen molar-refractivity contribution >= 4 is 23.4 Å². The molecule has 0 heterocycles. The monoisotopic (exact) mass is 262 g/mol. The molecule has 0 saturated carbocycles. The van der Waals surface area contributed by atoms with Crippen LogP contribution in [0.3, 0.4) is 0 Å². The van der Waals surface area contributed by atoms with E-state index in [4.69, 9.17) is 11.6 Å². The van der Waals surface area contributed by atoms with E-state index in [9.17, 15) is 0 Å². The van der Waals surface area contributed by atoms with Crippen LogP contribution in [0, 0.1) is 0 Å². The Hall–Kier alpha value is -0.920. The average Bonchev–Trinajstić information content (AvgIpc) is 2.33. The average molecular weight is 263 g/mol. The van der Waals surface area contributed by atoms with Crippen LogP contribution in [-0.4, -0.2) is 0 Å². The highest BCUT2D eigenvalue weighted by molar-refractivity contribution is 8.00. The maximum atomic E-state index is 5.89. The van der Waals surface area contributed by atoms with E-state index in [1.807, 2.05) is 30.0 Å². The van der Waals surface area contributed by atoms with Crippen LogP contribution < -0.4 is 0 Å². The van der Waals surface area contributed by atoms with Gasteiger partial charge < -0.3 is 0 Å². The van der Waals surface area contributed by atoms with Crippen LogP contribution in [0.5, 0.6) is 0 Å². The zero-order valence-electron chi connectivity index (χ0n) is 9.98. The summed E-state index contributed by atoms with van der Waals surface area (Å²) in [7, 11) is 0. The fourth-order valence-electron chi connectivity index (χ4n) is 1.70. The molecule has 0 bridgehead atoms. The van der Waals surface area contributed by atoms with Crippen molar-refractivity contribution < 1.29 is 0 Å². The van der Waals surface area contributed by atoms with Crippen LogP contribution in [0.4, 0.5) is 0 Å². The Bertz CT molecular complexity index is 474. The van der Waals surface area contributed by atoms with Crippen LogP contribution in [0.2, 0.25) is 5.02 Å². The van der Waals surface area contributed by atoms with Gasteiger partial charge in [-0.15, -0.1) is 11.8 Å². The molecule has 0 atom stereocenters. The molecule has 0 aliphatic heterocycles. The van der Waals surface area contributed by atoms with Crippen LogP contribution in [-0.2, 0) is 4.75 Å². The maximum absolute atomic E-state index is 5.89. The molecule has 0 saturated heterocycles. The Morgan fingerprint density at radius 3 is 2.06 bits per heavy atom. The van der Waals surface area contributed by atoms with E-state index >= 15 is 0 Å². The molecule has 17 heavy (non-hydrogen) atoms. The first-order valence-electron chi connectivity index (χ1n) is 5.58. The van der Waals surface area contributed by atoms with Gasteiger partial charge in [-0.05, 0) is 43.7 Å². The summed E-state index contributed by atoms with van der Waals surface area (Å²) in [5, 5.41) is 0.784. The van der Waals surface area contributed by atoms with Gasteiger partial charge >= 0.3 is 0 Å². The highest BCUT2D eigenvalue weighted by Crippen LogP contribution is 2.40. The maximum Gasteiger partial charge on any atom is 0.0406 e. The lowest BCUT2D eigenvalue weighted by atomic mass is 10.0. The van der Waals surface area contributed by atoms with E-state index in [-0.39, 0.29) is 4.75 Å². The van der Waals surface area contributed by atoms with Gasteiger partial charge in [0.25, 0.3) is 0 Å². The first kappa shape index (κ1) is 12.5. The zero-order chi connectivity index (χ0) is 12.3.